The first-order valence-corrected chi connectivity index (χ1v) is 12.0. The van der Waals surface area contributed by atoms with Crippen LogP contribution in [0.1, 0.15) is 30.9 Å². The van der Waals surface area contributed by atoms with Crippen molar-refractivity contribution in [3.63, 3.8) is 0 Å². The summed E-state index contributed by atoms with van der Waals surface area (Å²) in [6.07, 6.45) is 3.05. The van der Waals surface area contributed by atoms with Crippen molar-refractivity contribution in [1.29, 1.82) is 5.26 Å². The van der Waals surface area contributed by atoms with Gasteiger partial charge in [-0.3, -0.25) is 0 Å². The number of benzene rings is 1. The van der Waals surface area contributed by atoms with Crippen LogP contribution in [-0.4, -0.2) is 26.3 Å². The number of sulfone groups is 1. The van der Waals surface area contributed by atoms with Gasteiger partial charge in [-0.15, -0.1) is 11.3 Å². The maximum absolute atomic E-state index is 11.8. The molecule has 5 nitrogen and oxygen atoms in total. The van der Waals surface area contributed by atoms with Crippen LogP contribution in [0.2, 0.25) is 0 Å². The van der Waals surface area contributed by atoms with Crippen molar-refractivity contribution in [1.82, 2.24) is 4.98 Å². The fourth-order valence-electron chi connectivity index (χ4n) is 2.84. The Bertz CT molecular complexity index is 1160. The molecule has 0 saturated carbocycles. The molecule has 0 aliphatic carbocycles. The van der Waals surface area contributed by atoms with Gasteiger partial charge in [0.2, 0.25) is 5.88 Å². The fraction of sp³-hybridized carbons (Fsp3) is 0.273. The second kappa shape index (κ2) is 8.76. The van der Waals surface area contributed by atoms with Crippen LogP contribution in [0.15, 0.2) is 46.7 Å². The first kappa shape index (κ1) is 21.0. The molecule has 0 spiro atoms. The molecule has 150 valence electrons. The van der Waals surface area contributed by atoms with Gasteiger partial charge in [-0.25, -0.2) is 13.4 Å². The Morgan fingerprint density at radius 2 is 1.93 bits per heavy atom. The lowest BCUT2D eigenvalue weighted by molar-refractivity contribution is 0.297. The van der Waals surface area contributed by atoms with Crippen LogP contribution in [0.5, 0.6) is 5.88 Å². The van der Waals surface area contributed by atoms with E-state index in [9.17, 15) is 13.7 Å². The lowest BCUT2D eigenvalue weighted by Gasteiger charge is -2.13. The zero-order chi connectivity index (χ0) is 21.0. The van der Waals surface area contributed by atoms with E-state index in [-0.39, 0.29) is 4.90 Å². The minimum absolute atomic E-state index is 0.253. The summed E-state index contributed by atoms with van der Waals surface area (Å²) >= 11 is 1.57. The Kier molecular flexibility index (Phi) is 6.36. The normalized spacial score (nSPS) is 11.2. The van der Waals surface area contributed by atoms with E-state index in [1.165, 1.54) is 6.26 Å². The number of nitrogens with zero attached hydrogens (tertiary/aromatic N) is 2. The summed E-state index contributed by atoms with van der Waals surface area (Å²) in [4.78, 5) is 5.91. The second-order valence-electron chi connectivity index (χ2n) is 6.84. The maximum Gasteiger partial charge on any atom is 0.232 e. The molecular formula is C22H22N2O3S2. The zero-order valence-corrected chi connectivity index (χ0v) is 18.2. The van der Waals surface area contributed by atoms with E-state index < -0.39 is 9.84 Å². The molecule has 0 amide bonds. The Balaban J connectivity index is 2.15. The topological polar surface area (TPSA) is 80.0 Å². The molecule has 7 heteroatoms. The lowest BCUT2D eigenvalue weighted by atomic mass is 10.0. The van der Waals surface area contributed by atoms with Gasteiger partial charge in [0.1, 0.15) is 11.6 Å². The third-order valence-corrected chi connectivity index (χ3v) is 6.59. The highest BCUT2D eigenvalue weighted by Gasteiger charge is 2.18. The summed E-state index contributed by atoms with van der Waals surface area (Å²) in [6.45, 7) is 4.59. The van der Waals surface area contributed by atoms with Crippen molar-refractivity contribution in [3.05, 3.63) is 52.9 Å². The van der Waals surface area contributed by atoms with Crippen LogP contribution >= 0.6 is 11.3 Å². The standard InChI is InChI=1S/C22H22N2O3S2/c1-4-5-10-27-22-17(13-23)12-19(21(24-22)20-11-15(2)14-28-20)16-6-8-18(9-7-16)29(3,25)26/h6-9,11-12,14H,4-5,10H2,1-3H3. The molecule has 0 aliphatic rings. The molecule has 2 heterocycles. The van der Waals surface area contributed by atoms with Crippen LogP contribution in [0, 0.1) is 18.3 Å². The monoisotopic (exact) mass is 426 g/mol. The Hall–Kier alpha value is -2.69. The van der Waals surface area contributed by atoms with Crippen molar-refractivity contribution in [2.24, 2.45) is 0 Å². The minimum atomic E-state index is -3.28. The summed E-state index contributed by atoms with van der Waals surface area (Å²) in [6, 6.07) is 12.6. The number of aromatic nitrogens is 1. The fourth-order valence-corrected chi connectivity index (χ4v) is 4.38. The van der Waals surface area contributed by atoms with Crippen molar-refractivity contribution in [2.45, 2.75) is 31.6 Å². The predicted octanol–water partition coefficient (Wildman–Crippen LogP) is 5.24. The zero-order valence-electron chi connectivity index (χ0n) is 16.6. The summed E-state index contributed by atoms with van der Waals surface area (Å²) < 4.78 is 29.3. The molecular weight excluding hydrogens is 404 g/mol. The molecule has 0 bridgehead atoms. The second-order valence-corrected chi connectivity index (χ2v) is 9.76. The van der Waals surface area contributed by atoms with Crippen LogP contribution < -0.4 is 4.74 Å². The van der Waals surface area contributed by atoms with Gasteiger partial charge in [-0.2, -0.15) is 5.26 Å². The molecule has 0 radical (unpaired) electrons. The van der Waals surface area contributed by atoms with E-state index in [0.717, 1.165) is 40.1 Å². The summed E-state index contributed by atoms with van der Waals surface area (Å²) in [5.74, 6) is 0.332. The molecule has 2 aromatic heterocycles. The average molecular weight is 427 g/mol. The number of thiophene rings is 1. The first-order valence-electron chi connectivity index (χ1n) is 9.27. The van der Waals surface area contributed by atoms with Gasteiger partial charge in [-0.1, -0.05) is 25.5 Å². The van der Waals surface area contributed by atoms with Gasteiger partial charge in [0.05, 0.1) is 22.1 Å². The largest absolute Gasteiger partial charge is 0.477 e. The summed E-state index contributed by atoms with van der Waals surface area (Å²) in [7, 11) is -3.28. The molecule has 0 atom stereocenters. The first-order chi connectivity index (χ1) is 13.8. The van der Waals surface area contributed by atoms with Gasteiger partial charge in [0.15, 0.2) is 9.84 Å². The molecule has 3 aromatic rings. The minimum Gasteiger partial charge on any atom is -0.477 e. The van der Waals surface area contributed by atoms with E-state index in [1.54, 1.807) is 41.7 Å². The molecule has 29 heavy (non-hydrogen) atoms. The van der Waals surface area contributed by atoms with E-state index in [4.69, 9.17) is 9.72 Å². The highest BCUT2D eigenvalue weighted by Crippen LogP contribution is 2.37. The van der Waals surface area contributed by atoms with Gasteiger partial charge in [0.25, 0.3) is 0 Å². The van der Waals surface area contributed by atoms with Gasteiger partial charge in [-0.05, 0) is 54.1 Å². The van der Waals surface area contributed by atoms with Gasteiger partial charge >= 0.3 is 0 Å². The number of unbranched alkanes of at least 4 members (excludes halogenated alkanes) is 1. The summed E-state index contributed by atoms with van der Waals surface area (Å²) in [5.41, 5.74) is 3.78. The van der Waals surface area contributed by atoms with E-state index in [1.807, 2.05) is 18.4 Å². The van der Waals surface area contributed by atoms with E-state index >= 15 is 0 Å². The number of ether oxygens (including phenoxy) is 1. The summed E-state index contributed by atoms with van der Waals surface area (Å²) in [5, 5.41) is 11.7. The SMILES string of the molecule is CCCCOc1nc(-c2cc(C)cs2)c(-c2ccc(S(C)(=O)=O)cc2)cc1C#N. The van der Waals surface area contributed by atoms with Crippen LogP contribution in [0.3, 0.4) is 0 Å². The molecule has 0 aliphatic heterocycles. The predicted molar refractivity (Wildman–Crippen MR) is 116 cm³/mol. The van der Waals surface area contributed by atoms with E-state index in [0.29, 0.717) is 18.1 Å². The Labute approximate surface area is 175 Å². The van der Waals surface area contributed by atoms with Crippen LogP contribution in [-0.2, 0) is 9.84 Å². The number of rotatable bonds is 7. The molecule has 0 N–H and O–H groups in total. The van der Waals surface area contributed by atoms with Crippen LogP contribution in [0.25, 0.3) is 21.7 Å². The molecule has 3 rings (SSSR count). The number of nitriles is 1. The highest BCUT2D eigenvalue weighted by molar-refractivity contribution is 7.90. The highest BCUT2D eigenvalue weighted by atomic mass is 32.2. The van der Waals surface area contributed by atoms with Crippen molar-refractivity contribution < 1.29 is 13.2 Å². The Morgan fingerprint density at radius 3 is 2.48 bits per heavy atom. The van der Waals surface area contributed by atoms with Gasteiger partial charge < -0.3 is 4.74 Å². The third-order valence-electron chi connectivity index (χ3n) is 4.40. The maximum atomic E-state index is 11.8. The quantitative estimate of drug-likeness (QED) is 0.483. The van der Waals surface area contributed by atoms with Gasteiger partial charge in [0, 0.05) is 11.8 Å². The van der Waals surface area contributed by atoms with E-state index in [2.05, 4.69) is 13.0 Å². The number of hydrogen-bond donors (Lipinski definition) is 0. The van der Waals surface area contributed by atoms with Crippen molar-refractivity contribution >= 4 is 21.2 Å². The lowest BCUT2D eigenvalue weighted by Crippen LogP contribution is -2.03. The average Bonchev–Trinajstić information content (AvgIpc) is 3.13. The molecule has 0 fully saturated rings. The molecule has 0 unspecified atom stereocenters. The van der Waals surface area contributed by atoms with Crippen molar-refractivity contribution in [3.8, 4) is 33.6 Å². The third kappa shape index (κ3) is 4.84. The number of pyridine rings is 1. The molecule has 1 aromatic carbocycles. The molecule has 0 saturated heterocycles. The number of hydrogen-bond acceptors (Lipinski definition) is 6. The Morgan fingerprint density at radius 1 is 1.21 bits per heavy atom. The van der Waals surface area contributed by atoms with Crippen LogP contribution in [0.4, 0.5) is 0 Å². The van der Waals surface area contributed by atoms with Crippen molar-refractivity contribution in [2.75, 3.05) is 12.9 Å². The smallest absolute Gasteiger partial charge is 0.232 e. The number of aryl methyl sites for hydroxylation is 1.